The molecule has 0 bridgehead atoms. The van der Waals surface area contributed by atoms with Crippen LogP contribution in [0.25, 0.3) is 0 Å². The van der Waals surface area contributed by atoms with Crippen molar-refractivity contribution in [3.05, 3.63) is 54.1 Å². The summed E-state index contributed by atoms with van der Waals surface area (Å²) in [6, 6.07) is 1.95. The fourth-order valence-corrected chi connectivity index (χ4v) is 3.01. The summed E-state index contributed by atoms with van der Waals surface area (Å²) in [6.45, 7) is 4.60. The summed E-state index contributed by atoms with van der Waals surface area (Å²) in [5.74, 6) is -7.13. The van der Waals surface area contributed by atoms with Crippen LogP contribution in [0.15, 0.2) is 37.1 Å². The molecular formula is C21H22F9N7O6. The van der Waals surface area contributed by atoms with Crippen molar-refractivity contribution in [1.29, 1.82) is 0 Å². The van der Waals surface area contributed by atoms with Gasteiger partial charge in [0.15, 0.2) is 0 Å². The van der Waals surface area contributed by atoms with Gasteiger partial charge in [-0.05, 0) is 6.07 Å². The highest BCUT2D eigenvalue weighted by atomic mass is 19.4. The number of halogens is 9. The maximum absolute atomic E-state index is 10.6. The zero-order valence-corrected chi connectivity index (χ0v) is 21.6. The fraction of sp³-hybridized carbons (Fsp3) is 0.429. The van der Waals surface area contributed by atoms with Crippen molar-refractivity contribution in [2.45, 2.75) is 44.7 Å². The Morgan fingerprint density at radius 1 is 0.814 bits per heavy atom. The lowest BCUT2D eigenvalue weighted by Gasteiger charge is -2.28. The number of alkyl halides is 9. The van der Waals surface area contributed by atoms with Crippen molar-refractivity contribution in [2.24, 2.45) is 7.05 Å². The first-order valence-corrected chi connectivity index (χ1v) is 11.2. The SMILES string of the molecule is Cn1cc(CN2CCn3c(Cn4cccn4)cnc3C2)cn1.O=C(O)C(F)(F)F.O=C(O)C(F)(F)F.O=C(O)C(F)(F)F. The third kappa shape index (κ3) is 13.3. The fourth-order valence-electron chi connectivity index (χ4n) is 3.01. The standard InChI is InChI=1S/C15H19N7.3C2HF3O2/c1-19-9-13(7-18-19)10-20-5-6-22-14(8-16-15(22)12-20)11-21-4-2-3-17-21;3*3-2(4,5)1(6)7/h2-4,7-9H,5-6,10-12H2,1H3;3*(H,6,7). The largest absolute Gasteiger partial charge is 0.490 e. The first-order chi connectivity index (χ1) is 19.6. The first kappa shape index (κ1) is 36.4. The van der Waals surface area contributed by atoms with Gasteiger partial charge < -0.3 is 19.9 Å². The van der Waals surface area contributed by atoms with Gasteiger partial charge in [-0.1, -0.05) is 0 Å². The van der Waals surface area contributed by atoms with Gasteiger partial charge in [-0.25, -0.2) is 19.4 Å². The van der Waals surface area contributed by atoms with Gasteiger partial charge in [-0.3, -0.25) is 14.3 Å². The van der Waals surface area contributed by atoms with Gasteiger partial charge in [0.05, 0.1) is 31.2 Å². The molecule has 0 aliphatic carbocycles. The number of carboxylic acids is 3. The summed E-state index contributed by atoms with van der Waals surface area (Å²) in [4.78, 5) is 33.7. The summed E-state index contributed by atoms with van der Waals surface area (Å²) in [7, 11) is 1.95. The number of carboxylic acid groups (broad SMARTS) is 3. The van der Waals surface area contributed by atoms with Crippen LogP contribution < -0.4 is 0 Å². The summed E-state index contributed by atoms with van der Waals surface area (Å²) in [5, 5.41) is 29.9. The molecule has 1 aliphatic heterocycles. The molecule has 13 nitrogen and oxygen atoms in total. The smallest absolute Gasteiger partial charge is 0.475 e. The van der Waals surface area contributed by atoms with Crippen LogP contribution in [0.1, 0.15) is 17.1 Å². The van der Waals surface area contributed by atoms with Gasteiger partial charge in [0.25, 0.3) is 0 Å². The summed E-state index contributed by atoms with van der Waals surface area (Å²) in [5.41, 5.74) is 2.47. The Kier molecular flexibility index (Phi) is 12.7. The minimum Gasteiger partial charge on any atom is -0.475 e. The second-order valence-corrected chi connectivity index (χ2v) is 8.16. The number of hydrogen-bond acceptors (Lipinski definition) is 7. The van der Waals surface area contributed by atoms with Crippen molar-refractivity contribution in [3.63, 3.8) is 0 Å². The normalized spacial score (nSPS) is 13.3. The van der Waals surface area contributed by atoms with Crippen LogP contribution >= 0.6 is 0 Å². The minimum atomic E-state index is -5.08. The predicted molar refractivity (Wildman–Crippen MR) is 122 cm³/mol. The van der Waals surface area contributed by atoms with E-state index in [1.807, 2.05) is 47.3 Å². The molecule has 0 spiro atoms. The van der Waals surface area contributed by atoms with E-state index >= 15 is 0 Å². The average molecular weight is 639 g/mol. The van der Waals surface area contributed by atoms with Crippen molar-refractivity contribution >= 4 is 17.9 Å². The molecule has 0 radical (unpaired) electrons. The van der Waals surface area contributed by atoms with Crippen LogP contribution in [0.5, 0.6) is 0 Å². The Labute approximate surface area is 234 Å². The number of imidazole rings is 1. The summed E-state index contributed by atoms with van der Waals surface area (Å²) in [6.07, 6.45) is -5.47. The van der Waals surface area contributed by atoms with Crippen molar-refractivity contribution < 1.29 is 69.2 Å². The lowest BCUT2D eigenvalue weighted by atomic mass is 10.3. The molecule has 3 N–H and O–H groups in total. The monoisotopic (exact) mass is 639 g/mol. The number of nitrogens with zero attached hydrogens (tertiary/aromatic N) is 7. The van der Waals surface area contributed by atoms with E-state index in [-0.39, 0.29) is 0 Å². The van der Waals surface area contributed by atoms with E-state index in [9.17, 15) is 39.5 Å². The van der Waals surface area contributed by atoms with Gasteiger partial charge in [0.2, 0.25) is 0 Å². The topological polar surface area (TPSA) is 169 Å². The summed E-state index contributed by atoms with van der Waals surface area (Å²) >= 11 is 0. The van der Waals surface area contributed by atoms with Gasteiger partial charge in [-0.2, -0.15) is 49.7 Å². The molecule has 240 valence electrons. The van der Waals surface area contributed by atoms with E-state index in [0.29, 0.717) is 0 Å². The molecule has 43 heavy (non-hydrogen) atoms. The maximum Gasteiger partial charge on any atom is 0.490 e. The van der Waals surface area contributed by atoms with Crippen LogP contribution in [0.2, 0.25) is 0 Å². The number of carbonyl (C=O) groups is 3. The van der Waals surface area contributed by atoms with Crippen LogP contribution in [0, 0.1) is 0 Å². The Morgan fingerprint density at radius 2 is 1.33 bits per heavy atom. The molecule has 0 aromatic carbocycles. The van der Waals surface area contributed by atoms with E-state index in [4.69, 9.17) is 29.7 Å². The molecule has 0 saturated heterocycles. The number of fused-ring (bicyclic) bond motifs is 1. The van der Waals surface area contributed by atoms with Crippen molar-refractivity contribution in [3.8, 4) is 0 Å². The van der Waals surface area contributed by atoms with Crippen LogP contribution in [-0.2, 0) is 47.6 Å². The van der Waals surface area contributed by atoms with Crippen molar-refractivity contribution in [2.75, 3.05) is 6.54 Å². The lowest BCUT2D eigenvalue weighted by Crippen LogP contribution is -2.34. The molecular weight excluding hydrogens is 617 g/mol. The van der Waals surface area contributed by atoms with E-state index in [1.165, 1.54) is 11.3 Å². The van der Waals surface area contributed by atoms with Crippen LogP contribution in [0.4, 0.5) is 39.5 Å². The average Bonchev–Trinajstić information content (AvgIpc) is 3.61. The third-order valence-electron chi connectivity index (χ3n) is 4.80. The number of aromatic nitrogens is 6. The molecule has 0 amide bonds. The Morgan fingerprint density at radius 3 is 1.72 bits per heavy atom. The molecule has 3 aromatic heterocycles. The zero-order valence-electron chi connectivity index (χ0n) is 21.6. The number of rotatable bonds is 4. The molecule has 3 aromatic rings. The van der Waals surface area contributed by atoms with E-state index < -0.39 is 36.4 Å². The minimum absolute atomic E-state index is 0.780. The summed E-state index contributed by atoms with van der Waals surface area (Å²) < 4.78 is 101. The highest BCUT2D eigenvalue weighted by Gasteiger charge is 2.39. The third-order valence-corrected chi connectivity index (χ3v) is 4.80. The molecule has 1 aliphatic rings. The van der Waals surface area contributed by atoms with Gasteiger partial charge in [0, 0.05) is 50.8 Å². The highest BCUT2D eigenvalue weighted by molar-refractivity contribution is 5.73. The maximum atomic E-state index is 10.6. The number of aryl methyl sites for hydroxylation is 1. The highest BCUT2D eigenvalue weighted by Crippen LogP contribution is 2.17. The van der Waals surface area contributed by atoms with E-state index in [1.54, 1.807) is 0 Å². The van der Waals surface area contributed by atoms with Gasteiger partial charge in [0.1, 0.15) is 5.82 Å². The second-order valence-electron chi connectivity index (χ2n) is 8.16. The van der Waals surface area contributed by atoms with Crippen LogP contribution in [0.3, 0.4) is 0 Å². The molecule has 0 fully saturated rings. The van der Waals surface area contributed by atoms with E-state index in [2.05, 4.69) is 30.8 Å². The molecule has 22 heteroatoms. The van der Waals surface area contributed by atoms with Crippen LogP contribution in [-0.4, -0.2) is 92.3 Å². The second kappa shape index (κ2) is 15.0. The molecule has 4 rings (SSSR count). The van der Waals surface area contributed by atoms with E-state index in [0.717, 1.165) is 38.5 Å². The molecule has 0 atom stereocenters. The Hall–Kier alpha value is -4.63. The Bertz CT molecular complexity index is 1280. The van der Waals surface area contributed by atoms with Gasteiger partial charge in [-0.15, -0.1) is 0 Å². The molecule has 4 heterocycles. The zero-order chi connectivity index (χ0) is 33.2. The molecule has 0 unspecified atom stereocenters. The van der Waals surface area contributed by atoms with Gasteiger partial charge >= 0.3 is 36.4 Å². The molecule has 0 saturated carbocycles. The lowest BCUT2D eigenvalue weighted by molar-refractivity contribution is -0.193. The quantitative estimate of drug-likeness (QED) is 0.361. The number of hydrogen-bond donors (Lipinski definition) is 3. The van der Waals surface area contributed by atoms with Crippen molar-refractivity contribution in [1.82, 2.24) is 34.0 Å². The first-order valence-electron chi connectivity index (χ1n) is 11.2. The predicted octanol–water partition coefficient (Wildman–Crippen LogP) is 2.78. The number of aliphatic carboxylic acids is 3. The Balaban J connectivity index is 0.000000363.